The van der Waals surface area contributed by atoms with E-state index in [1.54, 1.807) is 24.5 Å². The minimum Gasteiger partial charge on any atom is -0.490 e. The van der Waals surface area contributed by atoms with Gasteiger partial charge in [-0.3, -0.25) is 4.68 Å². The van der Waals surface area contributed by atoms with Crippen molar-refractivity contribution in [2.24, 2.45) is 5.41 Å². The highest BCUT2D eigenvalue weighted by Gasteiger charge is 2.24. The third-order valence-electron chi connectivity index (χ3n) is 7.28. The number of fused-ring (bicyclic) bond motifs is 2. The zero-order valence-electron chi connectivity index (χ0n) is 24.0. The first kappa shape index (κ1) is 27.6. The quantitative estimate of drug-likeness (QED) is 0.198. The van der Waals surface area contributed by atoms with Gasteiger partial charge in [0.05, 0.1) is 24.2 Å². The van der Waals surface area contributed by atoms with E-state index in [0.717, 1.165) is 69.8 Å². The van der Waals surface area contributed by atoms with Crippen molar-refractivity contribution in [3.8, 4) is 39.4 Å². The van der Waals surface area contributed by atoms with E-state index in [1.165, 1.54) is 23.3 Å². The molecule has 5 aromatic rings. The summed E-state index contributed by atoms with van der Waals surface area (Å²) < 4.78 is 28.8. The Morgan fingerprint density at radius 2 is 1.90 bits per heavy atom. The Hall–Kier alpha value is -3.59. The van der Waals surface area contributed by atoms with E-state index < -0.39 is 0 Å². The predicted octanol–water partition coefficient (Wildman–Crippen LogP) is 7.35. The zero-order valence-corrected chi connectivity index (χ0v) is 24.8. The molecular weight excluding hydrogens is 535 g/mol. The summed E-state index contributed by atoms with van der Waals surface area (Å²) in [6.45, 7) is 9.95. The van der Waals surface area contributed by atoms with Crippen LogP contribution >= 0.6 is 11.3 Å². The molecule has 0 fully saturated rings. The van der Waals surface area contributed by atoms with Crippen molar-refractivity contribution in [2.45, 2.75) is 40.3 Å². The first-order valence-corrected chi connectivity index (χ1v) is 14.9. The zero-order chi connectivity index (χ0) is 28.6. The van der Waals surface area contributed by atoms with Crippen molar-refractivity contribution in [3.05, 3.63) is 77.2 Å². The molecule has 0 spiro atoms. The lowest BCUT2D eigenvalue weighted by molar-refractivity contribution is 0.146. The fourth-order valence-electron chi connectivity index (χ4n) is 5.44. The summed E-state index contributed by atoms with van der Waals surface area (Å²) in [5, 5.41) is 11.3. The lowest BCUT2D eigenvalue weighted by atomic mass is 9.93. The lowest BCUT2D eigenvalue weighted by Gasteiger charge is -2.19. The Morgan fingerprint density at radius 1 is 1.02 bits per heavy atom. The number of halogens is 1. The van der Waals surface area contributed by atoms with E-state index in [9.17, 15) is 4.39 Å². The number of thiophene rings is 1. The van der Waals surface area contributed by atoms with Crippen LogP contribution in [0.3, 0.4) is 0 Å². The van der Waals surface area contributed by atoms with Crippen LogP contribution < -0.4 is 10.1 Å². The molecule has 2 aromatic carbocycles. The van der Waals surface area contributed by atoms with Gasteiger partial charge in [-0.25, -0.2) is 9.37 Å². The normalized spacial score (nSPS) is 13.5. The van der Waals surface area contributed by atoms with Gasteiger partial charge in [-0.15, -0.1) is 11.3 Å². The number of methoxy groups -OCH3 is 1. The Morgan fingerprint density at radius 3 is 2.73 bits per heavy atom. The highest BCUT2D eigenvalue weighted by molar-refractivity contribution is 7.18. The van der Waals surface area contributed by atoms with Gasteiger partial charge in [0.25, 0.3) is 0 Å². The van der Waals surface area contributed by atoms with E-state index in [-0.39, 0.29) is 11.2 Å². The Balaban J connectivity index is 1.58. The molecular formula is C33H35FN4O2S. The number of benzene rings is 2. The molecule has 6 rings (SSSR count). The monoisotopic (exact) mass is 570 g/mol. The number of hydrogen-bond donors (Lipinski definition) is 1. The van der Waals surface area contributed by atoms with Crippen LogP contribution in [0.5, 0.6) is 5.75 Å². The molecule has 212 valence electrons. The molecule has 0 unspecified atom stereocenters. The first-order chi connectivity index (χ1) is 19.8. The molecule has 41 heavy (non-hydrogen) atoms. The third kappa shape index (κ3) is 5.77. The minimum absolute atomic E-state index is 0.0692. The van der Waals surface area contributed by atoms with Crippen molar-refractivity contribution in [1.29, 1.82) is 0 Å². The minimum atomic E-state index is -0.351. The molecule has 0 saturated carbocycles. The highest BCUT2D eigenvalue weighted by Crippen LogP contribution is 2.46. The highest BCUT2D eigenvalue weighted by atomic mass is 32.1. The topological polar surface area (TPSA) is 61.2 Å². The molecule has 0 atom stereocenters. The molecule has 1 aliphatic heterocycles. The van der Waals surface area contributed by atoms with Crippen molar-refractivity contribution >= 4 is 21.4 Å². The first-order valence-electron chi connectivity index (χ1n) is 14.0. The maximum Gasteiger partial charge on any atom is 0.130 e. The van der Waals surface area contributed by atoms with Gasteiger partial charge in [0.1, 0.15) is 18.2 Å². The Labute approximate surface area is 244 Å². The van der Waals surface area contributed by atoms with Gasteiger partial charge in [-0.1, -0.05) is 32.9 Å². The van der Waals surface area contributed by atoms with Crippen molar-refractivity contribution in [2.75, 3.05) is 26.9 Å². The van der Waals surface area contributed by atoms with Crippen LogP contribution in [-0.2, 0) is 24.2 Å². The standard InChI is InChI=1S/C33H35FN4O2S/c1-33(2,3)20-38-19-24(18-36-38)31-29(26-8-7-25(34)16-28(26)40-13-12-39-4)32-27(10-14-41-32)30(37-31)22-5-6-23-17-35-11-9-21(23)15-22/h5-8,10,14-16,18-19,35H,9,11-13,17,20H2,1-4H3. The smallest absolute Gasteiger partial charge is 0.130 e. The number of rotatable bonds is 8. The number of nitrogens with zero attached hydrogens (tertiary/aromatic N) is 3. The second-order valence-corrected chi connectivity index (χ2v) is 12.6. The summed E-state index contributed by atoms with van der Waals surface area (Å²) in [7, 11) is 1.62. The molecule has 0 bridgehead atoms. The largest absolute Gasteiger partial charge is 0.490 e. The number of pyridine rings is 1. The van der Waals surface area contributed by atoms with Gasteiger partial charge in [0.15, 0.2) is 0 Å². The van der Waals surface area contributed by atoms with Gasteiger partial charge >= 0.3 is 0 Å². The summed E-state index contributed by atoms with van der Waals surface area (Å²) in [6.07, 6.45) is 4.94. The van der Waals surface area contributed by atoms with Gasteiger partial charge in [-0.2, -0.15) is 5.10 Å². The van der Waals surface area contributed by atoms with Gasteiger partial charge < -0.3 is 14.8 Å². The lowest BCUT2D eigenvalue weighted by Crippen LogP contribution is -2.23. The van der Waals surface area contributed by atoms with E-state index in [4.69, 9.17) is 19.6 Å². The Bertz CT molecular complexity index is 1700. The second-order valence-electron chi connectivity index (χ2n) is 11.7. The summed E-state index contributed by atoms with van der Waals surface area (Å²) in [4.78, 5) is 5.37. The SMILES string of the molecule is COCCOc1cc(F)ccc1-c1c(-c2cnn(CC(C)(C)C)c2)nc(-c2ccc3c(c2)CCNC3)c2ccsc12. The van der Waals surface area contributed by atoms with Crippen LogP contribution in [0, 0.1) is 11.2 Å². The van der Waals surface area contributed by atoms with Gasteiger partial charge in [0.2, 0.25) is 0 Å². The summed E-state index contributed by atoms with van der Waals surface area (Å²) in [5.41, 5.74) is 8.24. The van der Waals surface area contributed by atoms with Crippen LogP contribution in [0.25, 0.3) is 43.7 Å². The molecule has 6 nitrogen and oxygen atoms in total. The summed E-state index contributed by atoms with van der Waals surface area (Å²) in [5.74, 6) is 0.118. The fourth-order valence-corrected chi connectivity index (χ4v) is 6.40. The predicted molar refractivity (Wildman–Crippen MR) is 164 cm³/mol. The molecule has 1 aliphatic rings. The average Bonchev–Trinajstić information content (AvgIpc) is 3.62. The van der Waals surface area contributed by atoms with Crippen LogP contribution in [0.2, 0.25) is 0 Å². The summed E-state index contributed by atoms with van der Waals surface area (Å²) >= 11 is 1.66. The van der Waals surface area contributed by atoms with E-state index in [2.05, 4.69) is 61.9 Å². The van der Waals surface area contributed by atoms with Crippen LogP contribution in [0.4, 0.5) is 4.39 Å². The van der Waals surface area contributed by atoms with Crippen LogP contribution in [0.15, 0.2) is 60.2 Å². The van der Waals surface area contributed by atoms with Crippen LogP contribution in [-0.4, -0.2) is 41.6 Å². The van der Waals surface area contributed by atoms with Gasteiger partial charge in [-0.05, 0) is 59.2 Å². The van der Waals surface area contributed by atoms with Gasteiger partial charge in [0, 0.05) is 64.8 Å². The molecule has 8 heteroatoms. The molecule has 0 saturated heterocycles. The molecule has 4 heterocycles. The van der Waals surface area contributed by atoms with E-state index in [1.807, 2.05) is 10.9 Å². The maximum absolute atomic E-state index is 14.5. The molecule has 0 amide bonds. The Kier molecular flexibility index (Phi) is 7.64. The van der Waals surface area contributed by atoms with Crippen LogP contribution in [0.1, 0.15) is 31.9 Å². The number of hydrogen-bond acceptors (Lipinski definition) is 6. The molecule has 0 radical (unpaired) electrons. The molecule has 3 aromatic heterocycles. The van der Waals surface area contributed by atoms with Crippen molar-refractivity contribution < 1.29 is 13.9 Å². The van der Waals surface area contributed by atoms with E-state index in [0.29, 0.717) is 19.0 Å². The van der Waals surface area contributed by atoms with E-state index >= 15 is 0 Å². The number of ether oxygens (including phenoxy) is 2. The average molecular weight is 571 g/mol. The summed E-state index contributed by atoms with van der Waals surface area (Å²) in [6, 6.07) is 13.5. The van der Waals surface area contributed by atoms with Crippen molar-refractivity contribution in [1.82, 2.24) is 20.1 Å². The second kappa shape index (κ2) is 11.4. The number of nitrogens with one attached hydrogen (secondary N) is 1. The maximum atomic E-state index is 14.5. The molecule has 0 aliphatic carbocycles. The third-order valence-corrected chi connectivity index (χ3v) is 8.21. The number of aromatic nitrogens is 3. The fraction of sp³-hybridized carbons (Fsp3) is 0.333. The molecule has 1 N–H and O–H groups in total. The van der Waals surface area contributed by atoms with Crippen molar-refractivity contribution in [3.63, 3.8) is 0 Å².